The maximum Gasteiger partial charge on any atom is 0.0996 e. The number of alkyl halides is 2. The third-order valence-corrected chi connectivity index (χ3v) is 14.6. The summed E-state index contributed by atoms with van der Waals surface area (Å²) in [6.07, 6.45) is 11.3. The van der Waals surface area contributed by atoms with E-state index < -0.39 is 8.07 Å². The number of anilines is 1. The Morgan fingerprint density at radius 2 is 1.17 bits per heavy atom. The molecule has 3 heterocycles. The fourth-order valence-corrected chi connectivity index (χ4v) is 9.80. The zero-order chi connectivity index (χ0) is 49.0. The second kappa shape index (κ2) is 28.2. The Hall–Kier alpha value is -3.32. The number of nitrogens with zero attached hydrogens (tertiary/aromatic N) is 3. The second-order valence-corrected chi connectivity index (χ2v) is 24.4. The number of nitrogens with one attached hydrogen (secondary N) is 1. The molecule has 13 nitrogen and oxygen atoms in total. The molecular formula is C47H64B2I2N4O9PSi. The predicted molar refractivity (Wildman–Crippen MR) is 289 cm³/mol. The summed E-state index contributed by atoms with van der Waals surface area (Å²) in [5.74, 6) is 4.46. The van der Waals surface area contributed by atoms with Crippen LogP contribution < -0.4 is 33.3 Å². The van der Waals surface area contributed by atoms with Gasteiger partial charge >= 0.3 is 13.0 Å². The number of hydrogen-bond acceptors (Lipinski definition) is 12. The number of benzene rings is 2. The molecule has 3 radical (unpaired) electrons. The van der Waals surface area contributed by atoms with Crippen molar-refractivity contribution in [3.8, 4) is 56.8 Å². The average molecular weight is 1160 g/mol. The van der Waals surface area contributed by atoms with Crippen molar-refractivity contribution < 1.29 is 42.7 Å². The monoisotopic (exact) mass is 1160 g/mol. The van der Waals surface area contributed by atoms with Crippen LogP contribution >= 0.6 is 54.3 Å². The molecule has 2 aliphatic carbocycles. The van der Waals surface area contributed by atoms with Gasteiger partial charge in [-0.15, -0.1) is 0 Å². The first kappa shape index (κ1) is 57.0. The summed E-state index contributed by atoms with van der Waals surface area (Å²) in [4.78, 5) is 36.0. The molecular weight excluding hydrogens is 1100 g/mol. The molecule has 1 saturated carbocycles. The van der Waals surface area contributed by atoms with Gasteiger partial charge in [0.15, 0.2) is 23.0 Å². The normalized spacial score (nSPS) is 13.9. The average Bonchev–Trinajstić information content (AvgIpc) is 4.04. The van der Waals surface area contributed by atoms with Crippen molar-refractivity contribution in [2.45, 2.75) is 82.5 Å². The largest absolute Gasteiger partial charge is 0.187 e. The molecule has 1 aliphatic heterocycles. The number of amides is 1. The molecule has 19 heteroatoms. The molecule has 1 N–H and O–H groups in total. The molecule has 355 valence electrons. The number of rotatable bonds is 16. The first-order valence-electron chi connectivity index (χ1n) is 21.6. The standard InChI is InChI=1S/C22H30N2O5Si.C21H23NO4.C4H8I2.BHN.BH2P/c1-26-18-10-15(11-19(27-2)21(18)28-3)17-9-16-12-20(25)24(22(16)23-13-17)14-29-7-8-30(4,5)6;1-24-17-9-13(10-18(25-2)20(17)26-3)14-8-15-16(22-12-14)11-19(23)21(15)6-4-5-7-21;5-3-1-2-4-6;2*1-2/h9-11,13H,7-8,12,14H2,1-6H3;8-10,12H,4-7,11H2,1-3H3;1-4H2;2H;2H2. The van der Waals surface area contributed by atoms with Crippen LogP contribution in [0, 0.1) is 5.31 Å². The molecule has 3 aliphatic rings. The molecule has 1 atom stereocenters. The van der Waals surface area contributed by atoms with Crippen LogP contribution in [0.1, 0.15) is 55.3 Å². The van der Waals surface area contributed by atoms with Crippen LogP contribution in [0.25, 0.3) is 22.3 Å². The van der Waals surface area contributed by atoms with E-state index in [1.165, 1.54) is 21.7 Å². The second-order valence-electron chi connectivity index (χ2n) is 16.6. The molecule has 1 fully saturated rings. The number of pyridine rings is 2. The van der Waals surface area contributed by atoms with Crippen molar-refractivity contribution in [2.75, 3.05) is 69.8 Å². The van der Waals surface area contributed by atoms with E-state index >= 15 is 0 Å². The Balaban J connectivity index is 0.000000294. The van der Waals surface area contributed by atoms with E-state index in [1.54, 1.807) is 53.8 Å². The van der Waals surface area contributed by atoms with Crippen molar-refractivity contribution in [3.63, 3.8) is 0 Å². The number of hydrogen-bond donors (Lipinski definition) is 1. The van der Waals surface area contributed by atoms with E-state index in [-0.39, 0.29) is 18.1 Å². The van der Waals surface area contributed by atoms with E-state index in [1.807, 2.05) is 45.6 Å². The van der Waals surface area contributed by atoms with Gasteiger partial charge < -0.3 is 33.2 Å². The molecule has 1 unspecified atom stereocenters. The summed E-state index contributed by atoms with van der Waals surface area (Å²) in [7, 11) is 18.5. The summed E-state index contributed by atoms with van der Waals surface area (Å²) < 4.78 is 41.0. The van der Waals surface area contributed by atoms with Crippen molar-refractivity contribution >= 4 is 95.1 Å². The zero-order valence-corrected chi connectivity index (χ0v) is 46.3. The van der Waals surface area contributed by atoms with Crippen LogP contribution in [0.5, 0.6) is 34.5 Å². The third-order valence-electron chi connectivity index (χ3n) is 11.4. The van der Waals surface area contributed by atoms with E-state index in [0.29, 0.717) is 65.5 Å². The van der Waals surface area contributed by atoms with E-state index in [2.05, 4.69) is 96.1 Å². The molecule has 0 bridgehead atoms. The van der Waals surface area contributed by atoms with Crippen LogP contribution in [-0.4, -0.2) is 110 Å². The number of methoxy groups -OCH3 is 6. The maximum atomic E-state index is 12.7. The van der Waals surface area contributed by atoms with Gasteiger partial charge in [0.25, 0.3) is 0 Å². The Bertz CT molecular complexity index is 2160. The number of ketones is 1. The quantitative estimate of drug-likeness (QED) is 0.0375. The van der Waals surface area contributed by atoms with Crippen molar-refractivity contribution in [1.29, 1.82) is 5.31 Å². The molecule has 0 saturated heterocycles. The fourth-order valence-electron chi connectivity index (χ4n) is 7.97. The molecule has 2 aromatic heterocycles. The summed E-state index contributed by atoms with van der Waals surface area (Å²) >= 11 is 4.81. The van der Waals surface area contributed by atoms with Crippen LogP contribution in [0.2, 0.25) is 25.7 Å². The van der Waals surface area contributed by atoms with Gasteiger partial charge in [-0.3, -0.25) is 19.5 Å². The number of aromatic nitrogens is 2. The van der Waals surface area contributed by atoms with Gasteiger partial charge in [0.2, 0.25) is 17.4 Å². The molecule has 2 aromatic carbocycles. The van der Waals surface area contributed by atoms with Gasteiger partial charge in [-0.25, -0.2) is 4.98 Å². The van der Waals surface area contributed by atoms with E-state index in [0.717, 1.165) is 70.8 Å². The number of Topliss-reactive ketones (excluding diaryl/α,β-unsaturated/α-hetero) is 1. The van der Waals surface area contributed by atoms with Gasteiger partial charge in [0.1, 0.15) is 18.3 Å². The summed E-state index contributed by atoms with van der Waals surface area (Å²) in [6, 6.07) is 12.8. The zero-order valence-electron chi connectivity index (χ0n) is 39.8. The Kier molecular flexibility index (Phi) is 24.4. The molecule has 7 rings (SSSR count). The minimum Gasteiger partial charge on any atom is -0.187 e. The Morgan fingerprint density at radius 3 is 1.61 bits per heavy atom. The van der Waals surface area contributed by atoms with Crippen LogP contribution in [0.15, 0.2) is 48.8 Å². The van der Waals surface area contributed by atoms with Crippen molar-refractivity contribution in [3.05, 3.63) is 65.6 Å². The van der Waals surface area contributed by atoms with Gasteiger partial charge in [-0.2, -0.15) is 9.12 Å². The minimum atomic E-state index is -1.16. The summed E-state index contributed by atoms with van der Waals surface area (Å²) in [5.41, 5.74) is 6.28. The van der Waals surface area contributed by atoms with Gasteiger partial charge in [0.05, 0.1) is 67.8 Å². The van der Waals surface area contributed by atoms with Gasteiger partial charge in [0, 0.05) is 50.2 Å². The third kappa shape index (κ3) is 14.4. The number of ether oxygens (including phenoxy) is 7. The fraction of sp³-hybridized carbons (Fsp3) is 0.489. The van der Waals surface area contributed by atoms with Crippen molar-refractivity contribution in [2.24, 2.45) is 0 Å². The van der Waals surface area contributed by atoms with Crippen LogP contribution in [0.3, 0.4) is 0 Å². The Morgan fingerprint density at radius 1 is 0.697 bits per heavy atom. The number of fused-ring (bicyclic) bond motifs is 3. The maximum absolute atomic E-state index is 12.7. The molecule has 1 spiro atoms. The van der Waals surface area contributed by atoms with Gasteiger partial charge in [-0.05, 0) is 93.7 Å². The first-order valence-corrected chi connectivity index (χ1v) is 29.0. The molecule has 1 amide bonds. The SMILES string of the molecule is COc1cc(-c2cnc3c(c2)C2(CCCC2)C(=O)C3)cc(OC)c1OC.COc1cc(-c2cnc3c(c2)CC(=O)N3COCC[Si](C)(C)C)cc(OC)c1OC.ICCCCI.[B]=N.[B]P. The van der Waals surface area contributed by atoms with E-state index in [9.17, 15) is 9.59 Å². The summed E-state index contributed by atoms with van der Waals surface area (Å²) in [6.45, 7) is 7.82. The molecule has 4 aromatic rings. The van der Waals surface area contributed by atoms with Crippen LogP contribution in [0.4, 0.5) is 5.82 Å². The Labute approximate surface area is 424 Å². The molecule has 66 heavy (non-hydrogen) atoms. The minimum absolute atomic E-state index is 0.00699. The van der Waals surface area contributed by atoms with E-state index in [4.69, 9.17) is 38.5 Å². The van der Waals surface area contributed by atoms with Crippen molar-refractivity contribution in [1.82, 2.24) is 9.97 Å². The number of carbonyl (C=O) groups excluding carboxylic acids is 2. The summed E-state index contributed by atoms with van der Waals surface area (Å²) in [5, 5.41) is 5.25. The topological polar surface area (TPSA) is 152 Å². The van der Waals surface area contributed by atoms with Crippen LogP contribution in [-0.2, 0) is 32.6 Å². The van der Waals surface area contributed by atoms with Gasteiger partial charge in [-0.1, -0.05) is 77.7 Å². The number of carbonyl (C=O) groups is 2. The first-order chi connectivity index (χ1) is 31.8. The predicted octanol–water partition coefficient (Wildman–Crippen LogP) is 10.2. The number of unbranched alkanes of at least 4 members (excludes halogenated alkanes) is 1. The number of halogens is 2. The smallest absolute Gasteiger partial charge is 0.0996 e.